The summed E-state index contributed by atoms with van der Waals surface area (Å²) in [7, 11) is -2.74. The molecule has 210 valence electrons. The van der Waals surface area contributed by atoms with Crippen LogP contribution in [0.15, 0.2) is 46.9 Å². The highest BCUT2D eigenvalue weighted by atomic mass is 79.9. The molecular weight excluding hydrogens is 576 g/mol. The number of hydrogen-bond donors (Lipinski definition) is 2. The minimum Gasteiger partial charge on any atom is -0.432 e. The molecule has 0 bridgehead atoms. The molecule has 2 aromatic rings. The Hall–Kier alpha value is -2.04. The number of carbonyl (C=O) groups is 2. The smallest absolute Gasteiger partial charge is 0.264 e. The van der Waals surface area contributed by atoms with E-state index in [2.05, 4.69) is 15.9 Å². The molecule has 5 rings (SSSR count). The van der Waals surface area contributed by atoms with E-state index in [9.17, 15) is 19.5 Å². The first-order valence-electron chi connectivity index (χ1n) is 14.1. The van der Waals surface area contributed by atoms with Crippen molar-refractivity contribution >= 4 is 47.4 Å². The van der Waals surface area contributed by atoms with E-state index >= 15 is 0 Å². The second-order valence-electron chi connectivity index (χ2n) is 11.8. The van der Waals surface area contributed by atoms with Gasteiger partial charge in [-0.05, 0) is 68.3 Å². The molecule has 9 heteroatoms. The number of carbonyl (C=O) groups excluding carboxylic acids is 2. The van der Waals surface area contributed by atoms with E-state index in [0.717, 1.165) is 52.7 Å². The standard InChI is InChI=1S/C30H39BrN2O5Si/c1-20-28(39(2,3)37)26(14-16-34)38-30(20)24-18-22(31)12-13-25(24)33(29(30)36)19-21-9-8-10-23(17-21)32-15-7-5-4-6-11-27(32)35/h8-10,12-13,17-18,20,26,28,34,37H,4-7,11,14-16,19H2,1-3H3/t20-,26+,28-,30+/m1/s1. The van der Waals surface area contributed by atoms with Crippen LogP contribution in [-0.4, -0.2) is 49.3 Å². The summed E-state index contributed by atoms with van der Waals surface area (Å²) in [4.78, 5) is 42.2. The van der Waals surface area contributed by atoms with Gasteiger partial charge in [-0.3, -0.25) is 9.59 Å². The Bertz CT molecular complexity index is 1250. The molecule has 0 aliphatic carbocycles. The zero-order valence-corrected chi connectivity index (χ0v) is 25.6. The van der Waals surface area contributed by atoms with Gasteiger partial charge in [0.2, 0.25) is 5.91 Å². The van der Waals surface area contributed by atoms with Gasteiger partial charge in [-0.25, -0.2) is 0 Å². The Morgan fingerprint density at radius 2 is 1.87 bits per heavy atom. The third-order valence-corrected chi connectivity index (χ3v) is 11.7. The van der Waals surface area contributed by atoms with Crippen LogP contribution in [0.5, 0.6) is 0 Å². The van der Waals surface area contributed by atoms with E-state index < -0.39 is 20.0 Å². The number of fused-ring (bicyclic) bond motifs is 2. The Morgan fingerprint density at radius 1 is 1.10 bits per heavy atom. The van der Waals surface area contributed by atoms with Gasteiger partial charge in [-0.1, -0.05) is 47.8 Å². The molecule has 3 aliphatic rings. The van der Waals surface area contributed by atoms with Crippen LogP contribution < -0.4 is 9.80 Å². The van der Waals surface area contributed by atoms with Crippen LogP contribution in [0.25, 0.3) is 0 Å². The van der Waals surface area contributed by atoms with E-state index in [0.29, 0.717) is 25.9 Å². The van der Waals surface area contributed by atoms with Crippen molar-refractivity contribution in [2.45, 2.75) is 82.3 Å². The number of ether oxygens (including phenoxy) is 1. The van der Waals surface area contributed by atoms with Gasteiger partial charge in [0.1, 0.15) is 0 Å². The van der Waals surface area contributed by atoms with E-state index in [-0.39, 0.29) is 29.9 Å². The van der Waals surface area contributed by atoms with Crippen molar-refractivity contribution in [3.05, 3.63) is 58.1 Å². The fraction of sp³-hybridized carbons (Fsp3) is 0.533. The van der Waals surface area contributed by atoms with Gasteiger partial charge in [0.05, 0.1) is 18.3 Å². The van der Waals surface area contributed by atoms with Crippen LogP contribution >= 0.6 is 15.9 Å². The lowest BCUT2D eigenvalue weighted by atomic mass is 9.82. The van der Waals surface area contributed by atoms with E-state index in [1.807, 2.05) is 67.4 Å². The Balaban J connectivity index is 1.51. The van der Waals surface area contributed by atoms with E-state index in [4.69, 9.17) is 4.74 Å². The molecule has 2 N–H and O–H groups in total. The predicted octanol–water partition coefficient (Wildman–Crippen LogP) is 5.47. The number of benzene rings is 2. The van der Waals surface area contributed by atoms with E-state index in [1.165, 1.54) is 0 Å². The maximum atomic E-state index is 14.4. The number of amides is 2. The average molecular weight is 616 g/mol. The van der Waals surface area contributed by atoms with Crippen molar-refractivity contribution in [2.24, 2.45) is 5.92 Å². The van der Waals surface area contributed by atoms with Crippen molar-refractivity contribution in [1.29, 1.82) is 0 Å². The summed E-state index contributed by atoms with van der Waals surface area (Å²) in [5.41, 5.74) is 1.97. The van der Waals surface area contributed by atoms with Crippen LogP contribution in [-0.2, 0) is 26.5 Å². The quantitative estimate of drug-likeness (QED) is 0.421. The van der Waals surface area contributed by atoms with Crippen LogP contribution in [0.3, 0.4) is 0 Å². The SMILES string of the molecule is C[C@@H]1[C@@H]([Si](C)(C)O)[C@H](CCO)O[C@@]12C(=O)N(Cc1cccc(N3CCCCCCC3=O)c1)c1ccc(Br)cc12. The fourth-order valence-electron chi connectivity index (χ4n) is 7.04. The van der Waals surface area contributed by atoms with Gasteiger partial charge in [0.25, 0.3) is 5.91 Å². The average Bonchev–Trinajstić information content (AvgIpc) is 3.29. The molecule has 0 unspecified atom stereocenters. The van der Waals surface area contributed by atoms with Crippen LogP contribution in [0.2, 0.25) is 18.6 Å². The summed E-state index contributed by atoms with van der Waals surface area (Å²) >= 11 is 3.59. The zero-order chi connectivity index (χ0) is 27.9. The minimum atomic E-state index is -2.74. The minimum absolute atomic E-state index is 0.0697. The molecule has 7 nitrogen and oxygen atoms in total. The number of rotatable bonds is 6. The summed E-state index contributed by atoms with van der Waals surface area (Å²) < 4.78 is 7.52. The van der Waals surface area contributed by atoms with Crippen LogP contribution in [0.1, 0.15) is 56.6 Å². The molecule has 4 atom stereocenters. The molecule has 39 heavy (non-hydrogen) atoms. The monoisotopic (exact) mass is 614 g/mol. The van der Waals surface area contributed by atoms with Crippen molar-refractivity contribution in [3.8, 4) is 0 Å². The largest absolute Gasteiger partial charge is 0.432 e. The molecule has 2 saturated heterocycles. The Morgan fingerprint density at radius 3 is 2.62 bits per heavy atom. The molecule has 0 radical (unpaired) electrons. The van der Waals surface area contributed by atoms with Crippen molar-refractivity contribution in [1.82, 2.24) is 0 Å². The van der Waals surface area contributed by atoms with Crippen molar-refractivity contribution < 1.29 is 24.2 Å². The normalized spacial score (nSPS) is 27.7. The number of aliphatic hydroxyl groups is 1. The molecule has 3 aliphatic heterocycles. The third kappa shape index (κ3) is 5.12. The summed E-state index contributed by atoms with van der Waals surface area (Å²) in [6.07, 6.45) is 4.67. The molecule has 0 aromatic heterocycles. The summed E-state index contributed by atoms with van der Waals surface area (Å²) in [6.45, 7) is 6.77. The lowest BCUT2D eigenvalue weighted by Gasteiger charge is -2.32. The molecule has 2 aromatic carbocycles. The maximum Gasteiger partial charge on any atom is 0.264 e. The second kappa shape index (κ2) is 11.1. The molecule has 2 amide bonds. The number of aliphatic hydroxyl groups excluding tert-OH is 1. The highest BCUT2D eigenvalue weighted by Crippen LogP contribution is 2.60. The molecular formula is C30H39BrN2O5Si. The van der Waals surface area contributed by atoms with Gasteiger partial charge >= 0.3 is 0 Å². The second-order valence-corrected chi connectivity index (χ2v) is 16.7. The Kier molecular flexibility index (Phi) is 8.10. The topological polar surface area (TPSA) is 90.3 Å². The van der Waals surface area contributed by atoms with Crippen LogP contribution in [0, 0.1) is 5.92 Å². The summed E-state index contributed by atoms with van der Waals surface area (Å²) in [5, 5.41) is 9.79. The highest BCUT2D eigenvalue weighted by Gasteiger charge is 2.66. The van der Waals surface area contributed by atoms with Gasteiger partial charge in [-0.15, -0.1) is 0 Å². The summed E-state index contributed by atoms with van der Waals surface area (Å²) in [6, 6.07) is 13.8. The van der Waals surface area contributed by atoms with Crippen molar-refractivity contribution in [2.75, 3.05) is 23.0 Å². The van der Waals surface area contributed by atoms with Gasteiger partial charge in [0, 0.05) is 46.8 Å². The first-order valence-corrected chi connectivity index (χ1v) is 17.9. The zero-order valence-electron chi connectivity index (χ0n) is 23.0. The summed E-state index contributed by atoms with van der Waals surface area (Å²) in [5.74, 6) is -0.251. The molecule has 3 heterocycles. The fourth-order valence-corrected chi connectivity index (χ4v) is 10.0. The first-order chi connectivity index (χ1) is 18.6. The lowest BCUT2D eigenvalue weighted by molar-refractivity contribution is -0.146. The van der Waals surface area contributed by atoms with Crippen LogP contribution in [0.4, 0.5) is 11.4 Å². The van der Waals surface area contributed by atoms with E-state index in [1.54, 1.807) is 4.90 Å². The Labute approximate surface area is 240 Å². The first kappa shape index (κ1) is 28.5. The number of nitrogens with zero attached hydrogens (tertiary/aromatic N) is 2. The molecule has 0 saturated carbocycles. The van der Waals surface area contributed by atoms with Gasteiger partial charge in [0.15, 0.2) is 13.9 Å². The molecule has 2 fully saturated rings. The number of halogens is 1. The lowest BCUT2D eigenvalue weighted by Crippen LogP contribution is -2.46. The van der Waals surface area contributed by atoms with Gasteiger partial charge in [-0.2, -0.15) is 0 Å². The number of anilines is 2. The van der Waals surface area contributed by atoms with Gasteiger partial charge < -0.3 is 24.4 Å². The predicted molar refractivity (Wildman–Crippen MR) is 158 cm³/mol. The van der Waals surface area contributed by atoms with Crippen molar-refractivity contribution in [3.63, 3.8) is 0 Å². The maximum absolute atomic E-state index is 14.4. The molecule has 1 spiro atoms. The third-order valence-electron chi connectivity index (χ3n) is 8.75. The number of hydrogen-bond acceptors (Lipinski definition) is 5. The highest BCUT2D eigenvalue weighted by molar-refractivity contribution is 9.10.